The molecule has 1 aromatic rings. The van der Waals surface area contributed by atoms with Gasteiger partial charge in [0.05, 0.1) is 30.3 Å². The number of methoxy groups -OCH3 is 1. The van der Waals surface area contributed by atoms with Crippen molar-refractivity contribution in [2.75, 3.05) is 41.0 Å². The molecule has 0 radical (unpaired) electrons. The van der Waals surface area contributed by atoms with Crippen LogP contribution in [0, 0.1) is 0 Å². The lowest BCUT2D eigenvalue weighted by molar-refractivity contribution is -0.131. The summed E-state index contributed by atoms with van der Waals surface area (Å²) in [6.07, 6.45) is 0. The molecule has 0 saturated carbocycles. The summed E-state index contributed by atoms with van der Waals surface area (Å²) in [6, 6.07) is 2.98. The van der Waals surface area contributed by atoms with Gasteiger partial charge >= 0.3 is 5.97 Å². The van der Waals surface area contributed by atoms with Crippen LogP contribution in [0.2, 0.25) is 0 Å². The molecule has 0 bridgehead atoms. The van der Waals surface area contributed by atoms with Crippen molar-refractivity contribution in [1.29, 1.82) is 0 Å². The van der Waals surface area contributed by atoms with E-state index in [0.29, 0.717) is 22.6 Å². The fourth-order valence-electron chi connectivity index (χ4n) is 1.72. The summed E-state index contributed by atoms with van der Waals surface area (Å²) in [5.74, 6) is -0.692. The van der Waals surface area contributed by atoms with Crippen molar-refractivity contribution in [3.8, 4) is 11.5 Å². The van der Waals surface area contributed by atoms with E-state index < -0.39 is 18.5 Å². The molecule has 1 aromatic carbocycles. The number of esters is 1. The molecule has 0 heterocycles. The van der Waals surface area contributed by atoms with Crippen LogP contribution in [0.25, 0.3) is 0 Å². The van der Waals surface area contributed by atoms with Gasteiger partial charge in [0.25, 0.3) is 5.91 Å². The van der Waals surface area contributed by atoms with E-state index in [0.717, 1.165) is 0 Å². The fraction of sp³-hybridized carbons (Fsp3) is 0.438. The zero-order valence-corrected chi connectivity index (χ0v) is 16.1. The number of hydrogen-bond donors (Lipinski definition) is 1. The van der Waals surface area contributed by atoms with E-state index in [2.05, 4.69) is 21.2 Å². The van der Waals surface area contributed by atoms with Crippen molar-refractivity contribution in [3.05, 3.63) is 22.2 Å². The summed E-state index contributed by atoms with van der Waals surface area (Å²) in [6.45, 7) is 1.61. The Bertz CT molecular complexity index is 648. The molecule has 0 atom stereocenters. The lowest BCUT2D eigenvalue weighted by atomic mass is 10.2. The number of hydrogen-bond acceptors (Lipinski definition) is 6. The van der Waals surface area contributed by atoms with Gasteiger partial charge in [-0.2, -0.15) is 0 Å². The molecule has 9 heteroatoms. The molecule has 0 aliphatic carbocycles. The van der Waals surface area contributed by atoms with Gasteiger partial charge in [0, 0.05) is 14.1 Å². The van der Waals surface area contributed by atoms with Gasteiger partial charge in [-0.25, -0.2) is 4.79 Å². The average Bonchev–Trinajstić information content (AvgIpc) is 2.58. The number of nitrogens with zero attached hydrogens (tertiary/aromatic N) is 1. The number of amides is 2. The van der Waals surface area contributed by atoms with E-state index in [1.165, 1.54) is 24.1 Å². The van der Waals surface area contributed by atoms with Crippen molar-refractivity contribution in [3.63, 3.8) is 0 Å². The molecule has 25 heavy (non-hydrogen) atoms. The molecule has 8 nitrogen and oxygen atoms in total. The van der Waals surface area contributed by atoms with Gasteiger partial charge in [-0.05, 0) is 35.0 Å². The highest BCUT2D eigenvalue weighted by atomic mass is 79.9. The topological polar surface area (TPSA) is 94.2 Å². The van der Waals surface area contributed by atoms with Gasteiger partial charge in [0.15, 0.2) is 18.1 Å². The Labute approximate surface area is 154 Å². The van der Waals surface area contributed by atoms with Crippen LogP contribution in [-0.2, 0) is 14.3 Å². The molecule has 0 aromatic heterocycles. The van der Waals surface area contributed by atoms with Crippen LogP contribution >= 0.6 is 15.9 Å². The molecule has 138 valence electrons. The first-order valence-electron chi connectivity index (χ1n) is 7.44. The number of halogens is 1. The highest BCUT2D eigenvalue weighted by Crippen LogP contribution is 2.36. The van der Waals surface area contributed by atoms with Crippen molar-refractivity contribution in [1.82, 2.24) is 10.2 Å². The SMILES string of the molecule is CCOc1c(Br)cc(C(=O)OCC(=O)NCC(=O)N(C)C)cc1OC. The zero-order valence-electron chi connectivity index (χ0n) is 14.6. The predicted molar refractivity (Wildman–Crippen MR) is 93.8 cm³/mol. The Morgan fingerprint density at radius 1 is 1.24 bits per heavy atom. The quantitative estimate of drug-likeness (QED) is 0.640. The molecular weight excluding hydrogens is 396 g/mol. The first kappa shape index (κ1) is 20.8. The molecule has 0 aliphatic rings. The largest absolute Gasteiger partial charge is 0.493 e. The Hall–Kier alpha value is -2.29. The Morgan fingerprint density at radius 2 is 1.92 bits per heavy atom. The number of nitrogens with one attached hydrogen (secondary N) is 1. The number of benzene rings is 1. The molecule has 0 aliphatic heterocycles. The molecule has 0 unspecified atom stereocenters. The third-order valence-electron chi connectivity index (χ3n) is 3.02. The van der Waals surface area contributed by atoms with E-state index in [4.69, 9.17) is 14.2 Å². The number of carbonyl (C=O) groups is 3. The fourth-order valence-corrected chi connectivity index (χ4v) is 2.28. The predicted octanol–water partition coefficient (Wildman–Crippen LogP) is 1.22. The minimum Gasteiger partial charge on any atom is -0.493 e. The van der Waals surface area contributed by atoms with Crippen molar-refractivity contribution >= 4 is 33.7 Å². The van der Waals surface area contributed by atoms with Crippen molar-refractivity contribution in [2.45, 2.75) is 6.92 Å². The normalized spacial score (nSPS) is 9.96. The van der Waals surface area contributed by atoms with Crippen molar-refractivity contribution in [2.24, 2.45) is 0 Å². The highest BCUT2D eigenvalue weighted by Gasteiger charge is 2.17. The lowest BCUT2D eigenvalue weighted by Crippen LogP contribution is -2.38. The maximum atomic E-state index is 12.1. The summed E-state index contributed by atoms with van der Waals surface area (Å²) < 4.78 is 16.1. The number of carbonyl (C=O) groups excluding carboxylic acids is 3. The Balaban J connectivity index is 2.67. The molecular formula is C16H21BrN2O6. The maximum absolute atomic E-state index is 12.1. The van der Waals surface area contributed by atoms with Crippen molar-refractivity contribution < 1.29 is 28.6 Å². The van der Waals surface area contributed by atoms with Gasteiger partial charge in [-0.3, -0.25) is 9.59 Å². The van der Waals surface area contributed by atoms with Gasteiger partial charge in [-0.15, -0.1) is 0 Å². The second-order valence-corrected chi connectivity index (χ2v) is 5.92. The summed E-state index contributed by atoms with van der Waals surface area (Å²) in [5.41, 5.74) is 0.198. The number of rotatable bonds is 8. The molecule has 0 saturated heterocycles. The van der Waals surface area contributed by atoms with Crippen LogP contribution in [0.1, 0.15) is 17.3 Å². The van der Waals surface area contributed by atoms with E-state index in [-0.39, 0.29) is 18.0 Å². The average molecular weight is 417 g/mol. The molecule has 2 amide bonds. The van der Waals surface area contributed by atoms with Crippen LogP contribution in [-0.4, -0.2) is 63.6 Å². The molecule has 0 spiro atoms. The third kappa shape index (κ3) is 6.26. The minimum absolute atomic E-state index is 0.161. The molecule has 0 fully saturated rings. The van der Waals surface area contributed by atoms with Crippen LogP contribution in [0.4, 0.5) is 0 Å². The third-order valence-corrected chi connectivity index (χ3v) is 3.61. The van der Waals surface area contributed by atoms with Gasteiger partial charge < -0.3 is 24.4 Å². The minimum atomic E-state index is -0.698. The van der Waals surface area contributed by atoms with Crippen LogP contribution in [0.5, 0.6) is 11.5 Å². The Kier molecular flexibility index (Phi) is 8.20. The summed E-state index contributed by atoms with van der Waals surface area (Å²) in [5, 5.41) is 2.37. The second kappa shape index (κ2) is 9.87. The van der Waals surface area contributed by atoms with Gasteiger partial charge in [0.2, 0.25) is 5.91 Å². The molecule has 1 N–H and O–H groups in total. The first-order chi connectivity index (χ1) is 11.8. The number of likely N-dealkylation sites (N-methyl/N-ethyl adjacent to an activating group) is 1. The van der Waals surface area contributed by atoms with Crippen LogP contribution < -0.4 is 14.8 Å². The standard InChI is InChI=1S/C16H21BrN2O6/c1-5-24-15-11(17)6-10(7-12(15)23-4)16(22)25-9-13(20)18-8-14(21)19(2)3/h6-7H,5,8-9H2,1-4H3,(H,18,20). The van der Waals surface area contributed by atoms with E-state index >= 15 is 0 Å². The van der Waals surface area contributed by atoms with E-state index in [1.54, 1.807) is 14.1 Å². The molecule has 1 rings (SSSR count). The summed E-state index contributed by atoms with van der Waals surface area (Å²) in [4.78, 5) is 36.4. The zero-order chi connectivity index (χ0) is 19.0. The van der Waals surface area contributed by atoms with Gasteiger partial charge in [-0.1, -0.05) is 0 Å². The summed E-state index contributed by atoms with van der Waals surface area (Å²) >= 11 is 3.31. The monoisotopic (exact) mass is 416 g/mol. The Morgan fingerprint density at radius 3 is 2.48 bits per heavy atom. The smallest absolute Gasteiger partial charge is 0.338 e. The van der Waals surface area contributed by atoms with Crippen LogP contribution in [0.15, 0.2) is 16.6 Å². The van der Waals surface area contributed by atoms with Crippen LogP contribution in [0.3, 0.4) is 0 Å². The summed E-state index contributed by atoms with van der Waals surface area (Å²) in [7, 11) is 4.60. The van der Waals surface area contributed by atoms with E-state index in [1.807, 2.05) is 6.92 Å². The lowest BCUT2D eigenvalue weighted by Gasteiger charge is -2.13. The van der Waals surface area contributed by atoms with Gasteiger partial charge in [0.1, 0.15) is 0 Å². The first-order valence-corrected chi connectivity index (χ1v) is 8.23. The van der Waals surface area contributed by atoms with E-state index in [9.17, 15) is 14.4 Å². The maximum Gasteiger partial charge on any atom is 0.338 e. The second-order valence-electron chi connectivity index (χ2n) is 5.06. The number of ether oxygens (including phenoxy) is 3. The highest BCUT2D eigenvalue weighted by molar-refractivity contribution is 9.10.